The van der Waals surface area contributed by atoms with Crippen molar-refractivity contribution in [2.75, 3.05) is 11.9 Å². The lowest BCUT2D eigenvalue weighted by molar-refractivity contribution is -0.112. The molecule has 0 radical (unpaired) electrons. The van der Waals surface area contributed by atoms with Gasteiger partial charge in [0.1, 0.15) is 18.2 Å². The molecule has 3 aromatic carbocycles. The Balaban J connectivity index is 1.83. The van der Waals surface area contributed by atoms with Crippen molar-refractivity contribution in [3.63, 3.8) is 0 Å². The van der Waals surface area contributed by atoms with Gasteiger partial charge in [0.2, 0.25) is 0 Å². The van der Waals surface area contributed by atoms with Crippen molar-refractivity contribution < 1.29 is 14.3 Å². The SMILES string of the molecule is CCOc1cc(/C=C(\C#N)C(=O)Nc2ccc(Cl)cc2)c(Br)cc1OCc1ccc(I)cc1. The van der Waals surface area contributed by atoms with Crippen LogP contribution in [0.5, 0.6) is 11.5 Å². The summed E-state index contributed by atoms with van der Waals surface area (Å²) in [5, 5.41) is 12.8. The van der Waals surface area contributed by atoms with E-state index in [9.17, 15) is 10.1 Å². The average molecular weight is 638 g/mol. The summed E-state index contributed by atoms with van der Waals surface area (Å²) in [6.07, 6.45) is 1.50. The maximum absolute atomic E-state index is 12.6. The van der Waals surface area contributed by atoms with Crippen LogP contribution < -0.4 is 14.8 Å². The fraction of sp³-hybridized carbons (Fsp3) is 0.120. The lowest BCUT2D eigenvalue weighted by Gasteiger charge is -2.14. The predicted octanol–water partition coefficient (Wildman–Crippen LogP) is 7.23. The maximum atomic E-state index is 12.6. The summed E-state index contributed by atoms with van der Waals surface area (Å²) in [5.74, 6) is 0.556. The van der Waals surface area contributed by atoms with E-state index >= 15 is 0 Å². The number of carbonyl (C=O) groups excluding carboxylic acids is 1. The van der Waals surface area contributed by atoms with Crippen LogP contribution in [0.3, 0.4) is 0 Å². The summed E-state index contributed by atoms with van der Waals surface area (Å²) in [4.78, 5) is 12.6. The molecular formula is C25H19BrClIN2O3. The number of ether oxygens (including phenoxy) is 2. The third-order valence-corrected chi connectivity index (χ3v) is 6.10. The van der Waals surface area contributed by atoms with E-state index in [0.717, 1.165) is 9.13 Å². The molecule has 3 aromatic rings. The van der Waals surface area contributed by atoms with Crippen molar-refractivity contribution in [1.82, 2.24) is 0 Å². The summed E-state index contributed by atoms with van der Waals surface area (Å²) >= 11 is 11.6. The van der Waals surface area contributed by atoms with E-state index in [2.05, 4.69) is 43.8 Å². The summed E-state index contributed by atoms with van der Waals surface area (Å²) in [6, 6.07) is 20.2. The number of nitriles is 1. The second-order valence-corrected chi connectivity index (χ2v) is 9.34. The van der Waals surface area contributed by atoms with E-state index in [-0.39, 0.29) is 5.57 Å². The molecule has 168 valence electrons. The number of nitrogens with zero attached hydrogens (tertiary/aromatic N) is 1. The maximum Gasteiger partial charge on any atom is 0.266 e. The summed E-state index contributed by atoms with van der Waals surface area (Å²) in [5.41, 5.74) is 2.13. The highest BCUT2D eigenvalue weighted by atomic mass is 127. The Bertz CT molecular complexity index is 1210. The number of nitrogens with one attached hydrogen (secondary N) is 1. The second-order valence-electron chi connectivity index (χ2n) is 6.80. The minimum Gasteiger partial charge on any atom is -0.490 e. The van der Waals surface area contributed by atoms with Crippen LogP contribution in [0.4, 0.5) is 5.69 Å². The fourth-order valence-corrected chi connectivity index (χ4v) is 3.74. The Morgan fingerprint density at radius 1 is 1.12 bits per heavy atom. The Hall–Kier alpha value is -2.54. The van der Waals surface area contributed by atoms with Crippen LogP contribution in [0.1, 0.15) is 18.1 Å². The van der Waals surface area contributed by atoms with Crippen molar-refractivity contribution in [3.8, 4) is 17.6 Å². The van der Waals surface area contributed by atoms with E-state index in [1.165, 1.54) is 6.08 Å². The third-order valence-electron chi connectivity index (χ3n) is 4.44. The van der Waals surface area contributed by atoms with Gasteiger partial charge in [0, 0.05) is 18.8 Å². The van der Waals surface area contributed by atoms with Crippen molar-refractivity contribution in [1.29, 1.82) is 5.26 Å². The molecule has 0 aromatic heterocycles. The summed E-state index contributed by atoms with van der Waals surface area (Å²) < 4.78 is 13.6. The summed E-state index contributed by atoms with van der Waals surface area (Å²) in [7, 11) is 0. The number of anilines is 1. The van der Waals surface area contributed by atoms with E-state index in [4.69, 9.17) is 21.1 Å². The molecular weight excluding hydrogens is 619 g/mol. The van der Waals surface area contributed by atoms with Gasteiger partial charge in [0.25, 0.3) is 5.91 Å². The van der Waals surface area contributed by atoms with E-state index < -0.39 is 5.91 Å². The van der Waals surface area contributed by atoms with Gasteiger partial charge in [-0.25, -0.2) is 0 Å². The zero-order chi connectivity index (χ0) is 23.8. The molecule has 0 bridgehead atoms. The number of halogens is 3. The second kappa shape index (κ2) is 12.1. The highest BCUT2D eigenvalue weighted by Crippen LogP contribution is 2.35. The van der Waals surface area contributed by atoms with Crippen molar-refractivity contribution in [2.45, 2.75) is 13.5 Å². The zero-order valence-electron chi connectivity index (χ0n) is 17.6. The quantitative estimate of drug-likeness (QED) is 0.161. The molecule has 0 saturated heterocycles. The monoisotopic (exact) mass is 636 g/mol. The molecule has 3 rings (SSSR count). The van der Waals surface area contributed by atoms with Crippen LogP contribution in [0.2, 0.25) is 5.02 Å². The topological polar surface area (TPSA) is 71.3 Å². The van der Waals surface area contributed by atoms with Crippen LogP contribution in [0.25, 0.3) is 6.08 Å². The minimum absolute atomic E-state index is 0.0549. The molecule has 8 heteroatoms. The first-order valence-electron chi connectivity index (χ1n) is 9.92. The van der Waals surface area contributed by atoms with E-state index in [1.807, 2.05) is 37.3 Å². The Labute approximate surface area is 219 Å². The molecule has 0 aliphatic heterocycles. The van der Waals surface area contributed by atoms with Gasteiger partial charge in [-0.1, -0.05) is 39.7 Å². The number of rotatable bonds is 8. The first kappa shape index (κ1) is 25.1. The molecule has 1 N–H and O–H groups in total. The molecule has 0 atom stereocenters. The molecule has 0 heterocycles. The van der Waals surface area contributed by atoms with Crippen molar-refractivity contribution in [3.05, 3.63) is 90.4 Å². The van der Waals surface area contributed by atoms with Crippen LogP contribution in [-0.4, -0.2) is 12.5 Å². The molecule has 0 saturated carbocycles. The van der Waals surface area contributed by atoms with Crippen molar-refractivity contribution >= 4 is 67.8 Å². The number of hydrogen-bond acceptors (Lipinski definition) is 4. The van der Waals surface area contributed by atoms with Gasteiger partial charge < -0.3 is 14.8 Å². The highest BCUT2D eigenvalue weighted by Gasteiger charge is 2.14. The predicted molar refractivity (Wildman–Crippen MR) is 142 cm³/mol. The Kier molecular flexibility index (Phi) is 9.18. The minimum atomic E-state index is -0.524. The van der Waals surface area contributed by atoms with Gasteiger partial charge in [-0.2, -0.15) is 5.26 Å². The Morgan fingerprint density at radius 2 is 1.79 bits per heavy atom. The molecule has 5 nitrogen and oxygen atoms in total. The molecule has 1 amide bonds. The number of carbonyl (C=O) groups is 1. The van der Waals surface area contributed by atoms with Gasteiger partial charge in [0.15, 0.2) is 11.5 Å². The molecule has 33 heavy (non-hydrogen) atoms. The normalized spacial score (nSPS) is 10.9. The lowest BCUT2D eigenvalue weighted by atomic mass is 10.1. The average Bonchev–Trinajstić information content (AvgIpc) is 2.80. The largest absolute Gasteiger partial charge is 0.490 e. The van der Waals surface area contributed by atoms with Crippen LogP contribution in [0.15, 0.2) is 70.7 Å². The number of amides is 1. The smallest absolute Gasteiger partial charge is 0.266 e. The van der Waals surface area contributed by atoms with Crippen LogP contribution in [-0.2, 0) is 11.4 Å². The van der Waals surface area contributed by atoms with Gasteiger partial charge in [-0.15, -0.1) is 0 Å². The highest BCUT2D eigenvalue weighted by molar-refractivity contribution is 14.1. The van der Waals surface area contributed by atoms with Gasteiger partial charge in [-0.05, 0) is 95.2 Å². The van der Waals surface area contributed by atoms with Gasteiger partial charge in [-0.3, -0.25) is 4.79 Å². The van der Waals surface area contributed by atoms with Gasteiger partial charge >= 0.3 is 0 Å². The molecule has 0 spiro atoms. The van der Waals surface area contributed by atoms with Gasteiger partial charge in [0.05, 0.1) is 6.61 Å². The molecule has 0 fully saturated rings. The van der Waals surface area contributed by atoms with E-state index in [0.29, 0.717) is 45.5 Å². The summed E-state index contributed by atoms with van der Waals surface area (Å²) in [6.45, 7) is 2.69. The fourth-order valence-electron chi connectivity index (χ4n) is 2.82. The third kappa shape index (κ3) is 7.22. The lowest BCUT2D eigenvalue weighted by Crippen LogP contribution is -2.13. The van der Waals surface area contributed by atoms with Crippen molar-refractivity contribution in [2.24, 2.45) is 0 Å². The standard InChI is InChI=1S/C25H19BrClIN2O3/c1-2-32-23-12-17(11-18(14-29)25(31)30-21-9-5-19(27)6-10-21)22(26)13-24(23)33-15-16-3-7-20(28)8-4-16/h3-13H,2,15H2,1H3,(H,30,31)/b18-11+. The van der Waals surface area contributed by atoms with Crippen LogP contribution in [0, 0.1) is 14.9 Å². The number of hydrogen-bond donors (Lipinski definition) is 1. The first-order valence-corrected chi connectivity index (χ1v) is 12.2. The van der Waals surface area contributed by atoms with Crippen LogP contribution >= 0.6 is 50.1 Å². The first-order chi connectivity index (χ1) is 15.9. The zero-order valence-corrected chi connectivity index (χ0v) is 22.1. The number of benzene rings is 3. The van der Waals surface area contributed by atoms with E-state index in [1.54, 1.807) is 36.4 Å². The molecule has 0 unspecified atom stereocenters. The Morgan fingerprint density at radius 3 is 2.42 bits per heavy atom. The molecule has 0 aliphatic rings. The molecule has 0 aliphatic carbocycles.